The zero-order valence-corrected chi connectivity index (χ0v) is 11.8. The summed E-state index contributed by atoms with van der Waals surface area (Å²) in [5.74, 6) is -1.93. The van der Waals surface area contributed by atoms with Crippen LogP contribution in [0.15, 0.2) is 18.2 Å². The minimum absolute atomic E-state index is 0.104. The molecule has 0 saturated carbocycles. The third kappa shape index (κ3) is 3.69. The summed E-state index contributed by atoms with van der Waals surface area (Å²) in [6, 6.07) is 2.92. The molecule has 0 radical (unpaired) electrons. The summed E-state index contributed by atoms with van der Waals surface area (Å²) >= 11 is 0. The molecule has 1 aromatic carbocycles. The minimum atomic E-state index is -1.28. The molecule has 0 unspecified atom stereocenters. The van der Waals surface area contributed by atoms with E-state index in [0.29, 0.717) is 13.1 Å². The van der Waals surface area contributed by atoms with Crippen molar-refractivity contribution in [1.29, 1.82) is 0 Å². The number of carboxylic acids is 1. The molecule has 0 bridgehead atoms. The lowest BCUT2D eigenvalue weighted by Gasteiger charge is -2.34. The molecule has 1 aliphatic heterocycles. The summed E-state index contributed by atoms with van der Waals surface area (Å²) in [6.45, 7) is 5.76. The molecule has 1 fully saturated rings. The van der Waals surface area contributed by atoms with Gasteiger partial charge in [0.15, 0.2) is 0 Å². The first-order valence-corrected chi connectivity index (χ1v) is 6.82. The average Bonchev–Trinajstić information content (AvgIpc) is 2.49. The van der Waals surface area contributed by atoms with Crippen molar-refractivity contribution >= 4 is 17.7 Å². The second-order valence-electron chi connectivity index (χ2n) is 4.85. The van der Waals surface area contributed by atoms with E-state index in [0.717, 1.165) is 31.8 Å². The molecule has 0 atom stereocenters. The van der Waals surface area contributed by atoms with Crippen molar-refractivity contribution < 1.29 is 19.1 Å². The summed E-state index contributed by atoms with van der Waals surface area (Å²) in [7, 11) is 0. The van der Waals surface area contributed by atoms with E-state index in [4.69, 9.17) is 5.11 Å². The predicted molar refractivity (Wildman–Crippen MR) is 76.1 cm³/mol. The van der Waals surface area contributed by atoms with Crippen LogP contribution in [0.5, 0.6) is 0 Å². The Morgan fingerprint density at radius 3 is 2.52 bits per heavy atom. The third-order valence-electron chi connectivity index (χ3n) is 3.56. The molecule has 0 spiro atoms. The van der Waals surface area contributed by atoms with E-state index < -0.39 is 11.8 Å². The van der Waals surface area contributed by atoms with E-state index in [1.165, 1.54) is 6.07 Å². The molecule has 6 nitrogen and oxygen atoms in total. The lowest BCUT2D eigenvalue weighted by Crippen LogP contribution is -2.49. The number of nitrogens with zero attached hydrogens (tertiary/aromatic N) is 2. The van der Waals surface area contributed by atoms with Crippen LogP contribution in [0.2, 0.25) is 0 Å². The lowest BCUT2D eigenvalue weighted by atomic mass is 10.1. The van der Waals surface area contributed by atoms with E-state index in [1.54, 1.807) is 4.90 Å². The summed E-state index contributed by atoms with van der Waals surface area (Å²) in [4.78, 5) is 27.1. The van der Waals surface area contributed by atoms with E-state index >= 15 is 0 Å². The van der Waals surface area contributed by atoms with E-state index in [1.807, 2.05) is 0 Å². The van der Waals surface area contributed by atoms with Gasteiger partial charge in [0.2, 0.25) is 0 Å². The van der Waals surface area contributed by atoms with Crippen LogP contribution in [-0.2, 0) is 0 Å². The quantitative estimate of drug-likeness (QED) is 0.890. The number of carboxylic acid groups (broad SMARTS) is 1. The highest BCUT2D eigenvalue weighted by Gasteiger charge is 2.21. The maximum absolute atomic E-state index is 13.1. The Labute approximate surface area is 122 Å². The Morgan fingerprint density at radius 2 is 1.95 bits per heavy atom. The van der Waals surface area contributed by atoms with Crippen LogP contribution in [0, 0.1) is 5.82 Å². The first-order valence-electron chi connectivity index (χ1n) is 6.82. The second kappa shape index (κ2) is 6.53. The van der Waals surface area contributed by atoms with Gasteiger partial charge in [-0.1, -0.05) is 6.92 Å². The third-order valence-corrected chi connectivity index (χ3v) is 3.56. The van der Waals surface area contributed by atoms with Gasteiger partial charge in [-0.3, -0.25) is 0 Å². The summed E-state index contributed by atoms with van der Waals surface area (Å²) in [6.07, 6.45) is 0. The van der Waals surface area contributed by atoms with Gasteiger partial charge in [0.25, 0.3) is 0 Å². The number of rotatable bonds is 3. The molecule has 2 N–H and O–H groups in total. The fraction of sp³-hybridized carbons (Fsp3) is 0.429. The molecule has 114 valence electrons. The molecule has 1 heterocycles. The molecule has 0 aromatic heterocycles. The standard InChI is InChI=1S/C14H18FN3O3/c1-2-17-5-7-18(8-6-17)14(21)16-12-4-3-10(15)9-11(12)13(19)20/h3-4,9H,2,5-8H2,1H3,(H,16,21)(H,19,20). The average molecular weight is 295 g/mol. The van der Waals surface area contributed by atoms with Crippen molar-refractivity contribution in [2.45, 2.75) is 6.92 Å². The Bertz CT molecular complexity index is 542. The maximum Gasteiger partial charge on any atom is 0.337 e. The summed E-state index contributed by atoms with van der Waals surface area (Å²) < 4.78 is 13.1. The monoisotopic (exact) mass is 295 g/mol. The fourth-order valence-electron chi connectivity index (χ4n) is 2.26. The smallest absolute Gasteiger partial charge is 0.337 e. The number of hydrogen-bond acceptors (Lipinski definition) is 3. The Kier molecular flexibility index (Phi) is 4.74. The number of hydrogen-bond donors (Lipinski definition) is 2. The van der Waals surface area contributed by atoms with Crippen molar-refractivity contribution in [2.75, 3.05) is 38.0 Å². The predicted octanol–water partition coefficient (Wildman–Crippen LogP) is 1.69. The molecule has 2 rings (SSSR count). The molecular formula is C14H18FN3O3. The van der Waals surface area contributed by atoms with E-state index in [2.05, 4.69) is 17.1 Å². The van der Waals surface area contributed by atoms with Gasteiger partial charge in [0.05, 0.1) is 11.3 Å². The molecule has 0 aliphatic carbocycles. The fourth-order valence-corrected chi connectivity index (χ4v) is 2.26. The SMILES string of the molecule is CCN1CCN(C(=O)Nc2ccc(F)cc2C(=O)O)CC1. The first-order chi connectivity index (χ1) is 10.0. The Balaban J connectivity index is 2.05. The van der Waals surface area contributed by atoms with Crippen LogP contribution in [0.1, 0.15) is 17.3 Å². The first kappa shape index (κ1) is 15.2. The van der Waals surface area contributed by atoms with Gasteiger partial charge in [0, 0.05) is 26.2 Å². The number of benzene rings is 1. The van der Waals surface area contributed by atoms with Crippen LogP contribution >= 0.6 is 0 Å². The topological polar surface area (TPSA) is 72.9 Å². The number of nitrogens with one attached hydrogen (secondary N) is 1. The Hall–Kier alpha value is -2.15. The number of anilines is 1. The highest BCUT2D eigenvalue weighted by atomic mass is 19.1. The van der Waals surface area contributed by atoms with Crippen LogP contribution in [0.3, 0.4) is 0 Å². The Morgan fingerprint density at radius 1 is 1.29 bits per heavy atom. The number of piperazine rings is 1. The van der Waals surface area contributed by atoms with Gasteiger partial charge >= 0.3 is 12.0 Å². The van der Waals surface area contributed by atoms with Crippen molar-refractivity contribution in [3.05, 3.63) is 29.6 Å². The molecule has 1 aliphatic rings. The molecule has 1 aromatic rings. The number of aromatic carboxylic acids is 1. The van der Waals surface area contributed by atoms with Gasteiger partial charge in [-0.25, -0.2) is 14.0 Å². The van der Waals surface area contributed by atoms with Gasteiger partial charge in [-0.2, -0.15) is 0 Å². The van der Waals surface area contributed by atoms with Gasteiger partial charge in [-0.15, -0.1) is 0 Å². The summed E-state index contributed by atoms with van der Waals surface area (Å²) in [5, 5.41) is 11.6. The van der Waals surface area contributed by atoms with Crippen molar-refractivity contribution in [3.8, 4) is 0 Å². The minimum Gasteiger partial charge on any atom is -0.478 e. The van der Waals surface area contributed by atoms with E-state index in [9.17, 15) is 14.0 Å². The van der Waals surface area contributed by atoms with Crippen molar-refractivity contribution in [2.24, 2.45) is 0 Å². The number of amides is 2. The zero-order valence-electron chi connectivity index (χ0n) is 11.8. The van der Waals surface area contributed by atoms with Crippen molar-refractivity contribution in [3.63, 3.8) is 0 Å². The van der Waals surface area contributed by atoms with Crippen LogP contribution in [-0.4, -0.2) is 59.6 Å². The van der Waals surface area contributed by atoms with Crippen LogP contribution < -0.4 is 5.32 Å². The van der Waals surface area contributed by atoms with Gasteiger partial charge < -0.3 is 20.2 Å². The zero-order chi connectivity index (χ0) is 15.4. The lowest BCUT2D eigenvalue weighted by molar-refractivity contribution is 0.0697. The number of urea groups is 1. The number of carbonyl (C=O) groups is 2. The largest absolute Gasteiger partial charge is 0.478 e. The highest BCUT2D eigenvalue weighted by Crippen LogP contribution is 2.18. The number of carbonyl (C=O) groups excluding carboxylic acids is 1. The van der Waals surface area contributed by atoms with Crippen LogP contribution in [0.4, 0.5) is 14.9 Å². The number of likely N-dealkylation sites (N-methyl/N-ethyl adjacent to an activating group) is 1. The van der Waals surface area contributed by atoms with Gasteiger partial charge in [-0.05, 0) is 24.7 Å². The second-order valence-corrected chi connectivity index (χ2v) is 4.85. The number of halogens is 1. The molecule has 2 amide bonds. The van der Waals surface area contributed by atoms with Crippen LogP contribution in [0.25, 0.3) is 0 Å². The van der Waals surface area contributed by atoms with E-state index in [-0.39, 0.29) is 17.3 Å². The molecule has 1 saturated heterocycles. The normalized spacial score (nSPS) is 15.8. The summed E-state index contributed by atoms with van der Waals surface area (Å²) in [5.41, 5.74) is -0.151. The molecule has 7 heteroatoms. The maximum atomic E-state index is 13.1. The highest BCUT2D eigenvalue weighted by molar-refractivity contribution is 6.00. The molecular weight excluding hydrogens is 277 g/mol. The molecule has 21 heavy (non-hydrogen) atoms. The van der Waals surface area contributed by atoms with Crippen molar-refractivity contribution in [1.82, 2.24) is 9.80 Å². The van der Waals surface area contributed by atoms with Gasteiger partial charge in [0.1, 0.15) is 5.82 Å².